The Morgan fingerprint density at radius 2 is 1.69 bits per heavy atom. The van der Waals surface area contributed by atoms with Crippen molar-refractivity contribution >= 4 is 28.9 Å². The lowest BCUT2D eigenvalue weighted by atomic mass is 9.90. The van der Waals surface area contributed by atoms with Gasteiger partial charge in [-0.25, -0.2) is 0 Å². The Kier molecular flexibility index (Phi) is 5.45. The third-order valence-corrected chi connectivity index (χ3v) is 6.62. The molecule has 1 aliphatic heterocycles. The zero-order valence-electron chi connectivity index (χ0n) is 15.1. The first-order valence-corrected chi connectivity index (χ1v) is 10.3. The highest BCUT2D eigenvalue weighted by molar-refractivity contribution is 6.35. The fraction of sp³-hybridized carbons (Fsp3) is 0.455. The van der Waals surface area contributed by atoms with Crippen molar-refractivity contribution in [1.29, 1.82) is 0 Å². The zero-order valence-corrected chi connectivity index (χ0v) is 16.6. The lowest BCUT2D eigenvalue weighted by Crippen LogP contribution is -2.36. The standard InChI is InChI=1S/C22H26Cl2N2/c23-19-12-20(24)14-21(13-19)25-16-18-15-22(18)7-10-26(11-8-22)9-6-17-4-2-1-3-5-17/h1-5,12-14,18,25H,6-11,15-16H2. The minimum absolute atomic E-state index is 0.582. The Morgan fingerprint density at radius 3 is 2.38 bits per heavy atom. The van der Waals surface area contributed by atoms with Gasteiger partial charge in [0.25, 0.3) is 0 Å². The molecule has 138 valence electrons. The van der Waals surface area contributed by atoms with E-state index in [4.69, 9.17) is 23.2 Å². The van der Waals surface area contributed by atoms with Crippen LogP contribution in [0.1, 0.15) is 24.8 Å². The molecule has 0 radical (unpaired) electrons. The van der Waals surface area contributed by atoms with Crippen molar-refractivity contribution in [3.63, 3.8) is 0 Å². The van der Waals surface area contributed by atoms with Crippen LogP contribution in [0.15, 0.2) is 48.5 Å². The first-order valence-electron chi connectivity index (χ1n) is 9.59. The SMILES string of the molecule is Clc1cc(Cl)cc(NCC2CC23CCN(CCc2ccccc2)CC3)c1. The molecule has 1 unspecified atom stereocenters. The van der Waals surface area contributed by atoms with Crippen LogP contribution in [0, 0.1) is 11.3 Å². The predicted molar refractivity (Wildman–Crippen MR) is 111 cm³/mol. The number of hydrogen-bond donors (Lipinski definition) is 1. The second kappa shape index (κ2) is 7.80. The molecule has 1 heterocycles. The summed E-state index contributed by atoms with van der Waals surface area (Å²) in [6.07, 6.45) is 5.20. The van der Waals surface area contributed by atoms with Gasteiger partial charge in [-0.3, -0.25) is 0 Å². The molecule has 1 saturated heterocycles. The van der Waals surface area contributed by atoms with Crippen LogP contribution < -0.4 is 5.32 Å². The van der Waals surface area contributed by atoms with Crippen molar-refractivity contribution in [2.24, 2.45) is 11.3 Å². The summed E-state index contributed by atoms with van der Waals surface area (Å²) in [4.78, 5) is 2.64. The molecule has 2 fully saturated rings. The molecule has 0 aromatic heterocycles. The number of piperidine rings is 1. The van der Waals surface area contributed by atoms with Gasteiger partial charge in [-0.2, -0.15) is 0 Å². The maximum absolute atomic E-state index is 6.08. The molecule has 0 bridgehead atoms. The number of anilines is 1. The number of hydrogen-bond acceptors (Lipinski definition) is 2. The minimum Gasteiger partial charge on any atom is -0.385 e. The van der Waals surface area contributed by atoms with Crippen LogP contribution in [-0.2, 0) is 6.42 Å². The van der Waals surface area contributed by atoms with Gasteiger partial charge in [0.2, 0.25) is 0 Å². The van der Waals surface area contributed by atoms with Crippen LogP contribution in [0.2, 0.25) is 10.0 Å². The molecule has 2 aromatic carbocycles. The van der Waals surface area contributed by atoms with E-state index in [2.05, 4.69) is 40.5 Å². The zero-order chi connectivity index (χ0) is 18.0. The van der Waals surface area contributed by atoms with Gasteiger partial charge < -0.3 is 10.2 Å². The van der Waals surface area contributed by atoms with Gasteiger partial charge in [0.1, 0.15) is 0 Å². The van der Waals surface area contributed by atoms with Gasteiger partial charge in [0, 0.05) is 28.8 Å². The van der Waals surface area contributed by atoms with Crippen LogP contribution in [-0.4, -0.2) is 31.1 Å². The van der Waals surface area contributed by atoms with Crippen LogP contribution in [0.25, 0.3) is 0 Å². The van der Waals surface area contributed by atoms with Crippen molar-refractivity contribution in [3.8, 4) is 0 Å². The molecule has 2 nitrogen and oxygen atoms in total. The van der Waals surface area contributed by atoms with Crippen molar-refractivity contribution in [2.75, 3.05) is 31.5 Å². The second-order valence-electron chi connectivity index (χ2n) is 7.88. The highest BCUT2D eigenvalue weighted by Crippen LogP contribution is 2.59. The van der Waals surface area contributed by atoms with E-state index in [-0.39, 0.29) is 0 Å². The van der Waals surface area contributed by atoms with E-state index in [1.165, 1.54) is 44.5 Å². The summed E-state index contributed by atoms with van der Waals surface area (Å²) in [7, 11) is 0. The van der Waals surface area contributed by atoms with Gasteiger partial charge in [-0.1, -0.05) is 53.5 Å². The van der Waals surface area contributed by atoms with Crippen molar-refractivity contribution in [3.05, 3.63) is 64.1 Å². The molecule has 1 saturated carbocycles. The average Bonchev–Trinajstić information content (AvgIpc) is 3.32. The third-order valence-electron chi connectivity index (χ3n) is 6.19. The van der Waals surface area contributed by atoms with Crippen LogP contribution in [0.5, 0.6) is 0 Å². The first kappa shape index (κ1) is 18.2. The van der Waals surface area contributed by atoms with E-state index in [9.17, 15) is 0 Å². The molecule has 2 aliphatic rings. The first-order chi connectivity index (χ1) is 12.6. The van der Waals surface area contributed by atoms with E-state index in [0.29, 0.717) is 15.5 Å². The molecule has 1 spiro atoms. The lowest BCUT2D eigenvalue weighted by Gasteiger charge is -2.33. The summed E-state index contributed by atoms with van der Waals surface area (Å²) >= 11 is 12.2. The molecule has 1 aliphatic carbocycles. The lowest BCUT2D eigenvalue weighted by molar-refractivity contribution is 0.165. The van der Waals surface area contributed by atoms with Crippen LogP contribution in [0.4, 0.5) is 5.69 Å². The number of nitrogens with zero attached hydrogens (tertiary/aromatic N) is 1. The Labute approximate surface area is 166 Å². The van der Waals surface area contributed by atoms with E-state index in [1.54, 1.807) is 6.07 Å². The summed E-state index contributed by atoms with van der Waals surface area (Å²) in [5, 5.41) is 4.92. The minimum atomic E-state index is 0.582. The average molecular weight is 389 g/mol. The number of benzene rings is 2. The molecule has 1 N–H and O–H groups in total. The highest BCUT2D eigenvalue weighted by Gasteiger charge is 2.54. The third kappa shape index (κ3) is 4.36. The van der Waals surface area contributed by atoms with Crippen LogP contribution >= 0.6 is 23.2 Å². The van der Waals surface area contributed by atoms with Crippen molar-refractivity contribution in [2.45, 2.75) is 25.7 Å². The van der Waals surface area contributed by atoms with Gasteiger partial charge >= 0.3 is 0 Å². The Morgan fingerprint density at radius 1 is 1.00 bits per heavy atom. The molecule has 26 heavy (non-hydrogen) atoms. The number of likely N-dealkylation sites (tertiary alicyclic amines) is 1. The largest absolute Gasteiger partial charge is 0.385 e. The molecular formula is C22H26Cl2N2. The summed E-state index contributed by atoms with van der Waals surface area (Å²) in [5.41, 5.74) is 3.06. The molecule has 4 rings (SSSR count). The summed E-state index contributed by atoms with van der Waals surface area (Å²) < 4.78 is 0. The predicted octanol–water partition coefficient (Wildman–Crippen LogP) is 5.75. The highest BCUT2D eigenvalue weighted by atomic mass is 35.5. The van der Waals surface area contributed by atoms with Crippen molar-refractivity contribution < 1.29 is 0 Å². The number of halogens is 2. The van der Waals surface area contributed by atoms with Gasteiger partial charge in [-0.05, 0) is 73.9 Å². The Bertz CT molecular complexity index is 719. The Balaban J connectivity index is 1.21. The van der Waals surface area contributed by atoms with E-state index >= 15 is 0 Å². The fourth-order valence-electron chi connectivity index (χ4n) is 4.38. The molecular weight excluding hydrogens is 363 g/mol. The quantitative estimate of drug-likeness (QED) is 0.677. The van der Waals surface area contributed by atoms with E-state index in [1.807, 2.05) is 12.1 Å². The van der Waals surface area contributed by atoms with E-state index < -0.39 is 0 Å². The topological polar surface area (TPSA) is 15.3 Å². The molecule has 1 atom stereocenters. The normalized spacial score (nSPS) is 21.7. The molecule has 4 heteroatoms. The monoisotopic (exact) mass is 388 g/mol. The molecule has 2 aromatic rings. The summed E-state index contributed by atoms with van der Waals surface area (Å²) in [5.74, 6) is 0.788. The summed E-state index contributed by atoms with van der Waals surface area (Å²) in [6, 6.07) is 16.5. The number of rotatable bonds is 6. The fourth-order valence-corrected chi connectivity index (χ4v) is 4.91. The second-order valence-corrected chi connectivity index (χ2v) is 8.75. The molecule has 0 amide bonds. The number of nitrogens with one attached hydrogen (secondary N) is 1. The van der Waals surface area contributed by atoms with Crippen LogP contribution in [0.3, 0.4) is 0 Å². The maximum atomic E-state index is 6.08. The summed E-state index contributed by atoms with van der Waals surface area (Å²) in [6.45, 7) is 4.70. The van der Waals surface area contributed by atoms with Crippen molar-refractivity contribution in [1.82, 2.24) is 4.90 Å². The van der Waals surface area contributed by atoms with E-state index in [0.717, 1.165) is 24.6 Å². The maximum Gasteiger partial charge on any atom is 0.0441 e. The Hall–Kier alpha value is -1.22. The van der Waals surface area contributed by atoms with Gasteiger partial charge in [-0.15, -0.1) is 0 Å². The van der Waals surface area contributed by atoms with Gasteiger partial charge in [0.05, 0.1) is 0 Å². The van der Waals surface area contributed by atoms with Gasteiger partial charge in [0.15, 0.2) is 0 Å². The smallest absolute Gasteiger partial charge is 0.0441 e.